The predicted molar refractivity (Wildman–Crippen MR) is 102 cm³/mol. The number of hydrogen-bond donors (Lipinski definition) is 0. The summed E-state index contributed by atoms with van der Waals surface area (Å²) in [6.07, 6.45) is 0. The number of ether oxygens (including phenoxy) is 1. The Bertz CT molecular complexity index is 871. The molecule has 0 aliphatic rings. The van der Waals surface area contributed by atoms with Crippen LogP contribution in [0.25, 0.3) is 0 Å². The maximum absolute atomic E-state index is 12.4. The highest BCUT2D eigenvalue weighted by Gasteiger charge is 2.16. The SMILES string of the molecule is Cc1csc(SCc2ccccc2C(=O)OCC(=O)c2cccs2)n1. The fourth-order valence-electron chi connectivity index (χ4n) is 2.10. The number of thiophene rings is 1. The Labute approximate surface area is 157 Å². The maximum atomic E-state index is 12.4. The van der Waals surface area contributed by atoms with E-state index in [0.717, 1.165) is 15.6 Å². The Morgan fingerprint density at radius 2 is 2.00 bits per heavy atom. The monoisotopic (exact) mass is 389 g/mol. The van der Waals surface area contributed by atoms with E-state index >= 15 is 0 Å². The zero-order valence-corrected chi connectivity index (χ0v) is 15.9. The number of thiazole rings is 1. The van der Waals surface area contributed by atoms with Crippen LogP contribution in [0.3, 0.4) is 0 Å². The second-order valence-corrected chi connectivity index (χ2v) is 8.21. The van der Waals surface area contributed by atoms with Gasteiger partial charge in [-0.25, -0.2) is 9.78 Å². The molecule has 0 saturated carbocycles. The second-order valence-electron chi connectivity index (χ2n) is 5.18. The number of carbonyl (C=O) groups excluding carboxylic acids is 2. The van der Waals surface area contributed by atoms with Crippen LogP contribution in [-0.4, -0.2) is 23.3 Å². The first kappa shape index (κ1) is 17.8. The number of Topliss-reactive ketones (excluding diaryl/α,β-unsaturated/α-hetero) is 1. The second kappa shape index (κ2) is 8.42. The lowest BCUT2D eigenvalue weighted by Gasteiger charge is -2.08. The van der Waals surface area contributed by atoms with Crippen molar-refractivity contribution in [3.8, 4) is 0 Å². The van der Waals surface area contributed by atoms with Gasteiger partial charge in [-0.2, -0.15) is 0 Å². The predicted octanol–water partition coefficient (Wildman–Crippen LogP) is 4.85. The molecule has 0 amide bonds. The third kappa shape index (κ3) is 4.78. The molecular weight excluding hydrogens is 374 g/mol. The summed E-state index contributed by atoms with van der Waals surface area (Å²) in [5.41, 5.74) is 2.35. The Hall–Kier alpha value is -1.96. The summed E-state index contributed by atoms with van der Waals surface area (Å²) >= 11 is 4.51. The molecule has 0 unspecified atom stereocenters. The number of nitrogens with zero attached hydrogens (tertiary/aromatic N) is 1. The molecule has 3 rings (SSSR count). The van der Waals surface area contributed by atoms with Gasteiger partial charge in [-0.05, 0) is 30.0 Å². The van der Waals surface area contributed by atoms with E-state index in [1.165, 1.54) is 11.3 Å². The summed E-state index contributed by atoms with van der Waals surface area (Å²) in [7, 11) is 0. The average Bonchev–Trinajstić information content (AvgIpc) is 3.29. The van der Waals surface area contributed by atoms with Crippen molar-refractivity contribution < 1.29 is 14.3 Å². The number of ketones is 1. The summed E-state index contributed by atoms with van der Waals surface area (Å²) in [5.74, 6) is -0.0400. The van der Waals surface area contributed by atoms with Crippen LogP contribution in [-0.2, 0) is 10.5 Å². The van der Waals surface area contributed by atoms with Gasteiger partial charge in [0.2, 0.25) is 5.78 Å². The van der Waals surface area contributed by atoms with Crippen molar-refractivity contribution in [2.24, 2.45) is 0 Å². The highest BCUT2D eigenvalue weighted by Crippen LogP contribution is 2.27. The zero-order valence-electron chi connectivity index (χ0n) is 13.4. The Morgan fingerprint density at radius 3 is 2.72 bits per heavy atom. The highest BCUT2D eigenvalue weighted by molar-refractivity contribution is 8.00. The molecule has 2 aromatic heterocycles. The average molecular weight is 390 g/mol. The summed E-state index contributed by atoms with van der Waals surface area (Å²) < 4.78 is 6.17. The summed E-state index contributed by atoms with van der Waals surface area (Å²) in [4.78, 5) is 29.3. The Kier molecular flexibility index (Phi) is 6.01. The molecule has 0 spiro atoms. The minimum atomic E-state index is -0.476. The van der Waals surface area contributed by atoms with Crippen LogP contribution in [0.1, 0.15) is 31.3 Å². The number of hydrogen-bond acceptors (Lipinski definition) is 7. The van der Waals surface area contributed by atoms with Crippen LogP contribution >= 0.6 is 34.4 Å². The standard InChI is InChI=1S/C18H15NO3S3/c1-12-10-24-18(19-12)25-11-13-5-2-3-6-14(13)17(21)22-9-15(20)16-7-4-8-23-16/h2-8,10H,9,11H2,1H3. The molecule has 0 radical (unpaired) electrons. The lowest BCUT2D eigenvalue weighted by atomic mass is 10.1. The van der Waals surface area contributed by atoms with Gasteiger partial charge < -0.3 is 4.74 Å². The van der Waals surface area contributed by atoms with Gasteiger partial charge in [0, 0.05) is 16.8 Å². The van der Waals surface area contributed by atoms with E-state index in [1.54, 1.807) is 47.4 Å². The van der Waals surface area contributed by atoms with Crippen molar-refractivity contribution in [3.63, 3.8) is 0 Å². The molecule has 2 heterocycles. The number of rotatable bonds is 7. The number of aryl methyl sites for hydroxylation is 1. The molecule has 0 fully saturated rings. The molecule has 4 nitrogen and oxygen atoms in total. The van der Waals surface area contributed by atoms with E-state index in [4.69, 9.17) is 4.74 Å². The van der Waals surface area contributed by atoms with Gasteiger partial charge in [-0.1, -0.05) is 36.0 Å². The lowest BCUT2D eigenvalue weighted by Crippen LogP contribution is -2.14. The molecular formula is C18H15NO3S3. The number of thioether (sulfide) groups is 1. The first-order valence-corrected chi connectivity index (χ1v) is 10.2. The quantitative estimate of drug-likeness (QED) is 0.329. The molecule has 0 aliphatic heterocycles. The van der Waals surface area contributed by atoms with Crippen molar-refractivity contribution in [2.75, 3.05) is 6.61 Å². The van der Waals surface area contributed by atoms with Crippen LogP contribution in [0.15, 0.2) is 51.5 Å². The van der Waals surface area contributed by atoms with Crippen LogP contribution in [0.5, 0.6) is 0 Å². The lowest BCUT2D eigenvalue weighted by molar-refractivity contribution is 0.0475. The van der Waals surface area contributed by atoms with Gasteiger partial charge in [-0.15, -0.1) is 22.7 Å². The smallest absolute Gasteiger partial charge is 0.338 e. The third-order valence-electron chi connectivity index (χ3n) is 3.32. The Balaban J connectivity index is 1.63. The minimum absolute atomic E-state index is 0.187. The van der Waals surface area contributed by atoms with Gasteiger partial charge in [0.15, 0.2) is 6.61 Å². The third-order valence-corrected chi connectivity index (χ3v) is 6.42. The van der Waals surface area contributed by atoms with E-state index in [1.807, 2.05) is 29.8 Å². The number of benzene rings is 1. The fraction of sp³-hybridized carbons (Fsp3) is 0.167. The molecule has 0 N–H and O–H groups in total. The van der Waals surface area contributed by atoms with Crippen molar-refractivity contribution in [1.82, 2.24) is 4.98 Å². The van der Waals surface area contributed by atoms with Crippen molar-refractivity contribution in [2.45, 2.75) is 17.0 Å². The minimum Gasteiger partial charge on any atom is -0.454 e. The Morgan fingerprint density at radius 1 is 1.16 bits per heavy atom. The topological polar surface area (TPSA) is 56.3 Å². The molecule has 128 valence electrons. The largest absolute Gasteiger partial charge is 0.454 e. The molecule has 0 atom stereocenters. The van der Waals surface area contributed by atoms with Crippen molar-refractivity contribution >= 4 is 46.2 Å². The number of aromatic nitrogens is 1. The van der Waals surface area contributed by atoms with Crippen LogP contribution in [0.4, 0.5) is 0 Å². The fourth-order valence-corrected chi connectivity index (χ4v) is 4.61. The van der Waals surface area contributed by atoms with Gasteiger partial charge in [0.1, 0.15) is 4.34 Å². The van der Waals surface area contributed by atoms with E-state index in [0.29, 0.717) is 16.2 Å². The van der Waals surface area contributed by atoms with E-state index in [9.17, 15) is 9.59 Å². The zero-order chi connectivity index (χ0) is 17.6. The molecule has 7 heteroatoms. The van der Waals surface area contributed by atoms with Crippen molar-refractivity contribution in [1.29, 1.82) is 0 Å². The van der Waals surface area contributed by atoms with Gasteiger partial charge in [0.25, 0.3) is 0 Å². The van der Waals surface area contributed by atoms with E-state index in [-0.39, 0.29) is 12.4 Å². The summed E-state index contributed by atoms with van der Waals surface area (Å²) in [5, 5.41) is 3.82. The molecule has 0 bridgehead atoms. The molecule has 0 aliphatic carbocycles. The summed E-state index contributed by atoms with van der Waals surface area (Å²) in [6.45, 7) is 1.71. The van der Waals surface area contributed by atoms with E-state index in [2.05, 4.69) is 4.98 Å². The number of esters is 1. The van der Waals surface area contributed by atoms with Crippen molar-refractivity contribution in [3.05, 3.63) is 68.9 Å². The normalized spacial score (nSPS) is 10.6. The van der Waals surface area contributed by atoms with Crippen LogP contribution < -0.4 is 0 Å². The first-order valence-electron chi connectivity index (χ1n) is 7.50. The molecule has 3 aromatic rings. The molecule has 1 aromatic carbocycles. The first-order chi connectivity index (χ1) is 12.1. The highest BCUT2D eigenvalue weighted by atomic mass is 32.2. The molecule has 0 saturated heterocycles. The van der Waals surface area contributed by atoms with Gasteiger partial charge in [0.05, 0.1) is 10.4 Å². The van der Waals surface area contributed by atoms with Crippen LogP contribution in [0, 0.1) is 6.92 Å². The number of carbonyl (C=O) groups is 2. The van der Waals surface area contributed by atoms with Gasteiger partial charge in [-0.3, -0.25) is 4.79 Å². The van der Waals surface area contributed by atoms with Gasteiger partial charge >= 0.3 is 5.97 Å². The van der Waals surface area contributed by atoms with E-state index < -0.39 is 5.97 Å². The molecule has 25 heavy (non-hydrogen) atoms. The van der Waals surface area contributed by atoms with Crippen LogP contribution in [0.2, 0.25) is 0 Å². The maximum Gasteiger partial charge on any atom is 0.338 e. The summed E-state index contributed by atoms with van der Waals surface area (Å²) in [6, 6.07) is 10.8.